The molecule has 0 saturated heterocycles. The lowest BCUT2D eigenvalue weighted by molar-refractivity contribution is 0.668. The molecule has 7 aromatic carbocycles. The van der Waals surface area contributed by atoms with Gasteiger partial charge in [-0.25, -0.2) is 15.0 Å². The third-order valence-corrected chi connectivity index (χ3v) is 8.16. The number of benzene rings is 7. The zero-order chi connectivity index (χ0) is 46.1. The lowest BCUT2D eigenvalue weighted by Crippen LogP contribution is -2.00. The van der Waals surface area contributed by atoms with E-state index in [1.807, 2.05) is 30.3 Å². The van der Waals surface area contributed by atoms with Crippen LogP contribution in [0.25, 0.3) is 100 Å². The molecule has 0 atom stereocenters. The number of hydrogen-bond donors (Lipinski definition) is 0. The maximum Gasteiger partial charge on any atom is 0.164 e. The Bertz CT molecular complexity index is 3710. The van der Waals surface area contributed by atoms with E-state index in [2.05, 4.69) is 0 Å². The molecule has 0 saturated carbocycles. The molecule has 10 rings (SSSR count). The summed E-state index contributed by atoms with van der Waals surface area (Å²) in [6.45, 7) is 0. The van der Waals surface area contributed by atoms with Crippen LogP contribution in [-0.2, 0) is 0 Å². The zero-order valence-electron chi connectivity index (χ0n) is 40.6. The molecule has 50 heavy (non-hydrogen) atoms. The summed E-state index contributed by atoms with van der Waals surface area (Å²) in [6.07, 6.45) is 0. The van der Waals surface area contributed by atoms with Crippen LogP contribution >= 0.6 is 0 Å². The first kappa shape index (κ1) is 17.0. The monoisotopic (exact) mass is 656 g/mol. The van der Waals surface area contributed by atoms with Crippen LogP contribution in [0.1, 0.15) is 20.6 Å². The minimum atomic E-state index is -0.809. The van der Waals surface area contributed by atoms with E-state index in [0.717, 1.165) is 10.8 Å². The Hall–Kier alpha value is -6.85. The summed E-state index contributed by atoms with van der Waals surface area (Å²) in [4.78, 5) is 14.3. The molecular formula is C45H27N3O2. The molecule has 3 heterocycles. The average Bonchev–Trinajstić information content (AvgIpc) is 3.90. The first-order valence-electron chi connectivity index (χ1n) is 22.9. The first-order chi connectivity index (χ1) is 31.0. The fraction of sp³-hybridized carbons (Fsp3) is 0. The second kappa shape index (κ2) is 11.4. The topological polar surface area (TPSA) is 65.0 Å². The second-order valence-corrected chi connectivity index (χ2v) is 11.2. The van der Waals surface area contributed by atoms with E-state index in [9.17, 15) is 6.85 Å². The summed E-state index contributed by atoms with van der Waals surface area (Å²) >= 11 is 0. The molecule has 5 heteroatoms. The van der Waals surface area contributed by atoms with Crippen molar-refractivity contribution >= 4 is 43.9 Å². The smallest absolute Gasteiger partial charge is 0.164 e. The molecule has 3 aromatic heterocycles. The van der Waals surface area contributed by atoms with Gasteiger partial charge in [-0.1, -0.05) is 109 Å². The molecule has 0 aliphatic heterocycles. The number of furan rings is 2. The van der Waals surface area contributed by atoms with Crippen LogP contribution in [0, 0.1) is 0 Å². The third-order valence-electron chi connectivity index (χ3n) is 8.16. The first-order valence-corrected chi connectivity index (χ1v) is 15.4. The Labute approximate surface area is 308 Å². The van der Waals surface area contributed by atoms with Gasteiger partial charge in [0.1, 0.15) is 22.3 Å². The molecule has 0 aliphatic carbocycles. The van der Waals surface area contributed by atoms with Crippen LogP contribution < -0.4 is 0 Å². The molecule has 10 aromatic rings. The Morgan fingerprint density at radius 3 is 1.86 bits per heavy atom. The predicted octanol–water partition coefficient (Wildman–Crippen LogP) is 12.0. The minimum Gasteiger partial charge on any atom is -0.456 e. The van der Waals surface area contributed by atoms with Gasteiger partial charge in [-0.2, -0.15) is 0 Å². The molecular weight excluding hydrogens is 615 g/mol. The van der Waals surface area contributed by atoms with Crippen LogP contribution in [0.2, 0.25) is 0 Å². The Balaban J connectivity index is 1.34. The van der Waals surface area contributed by atoms with E-state index >= 15 is 0 Å². The van der Waals surface area contributed by atoms with Gasteiger partial charge in [-0.05, 0) is 76.7 Å². The normalized spacial score (nSPS) is 15.8. The fourth-order valence-electron chi connectivity index (χ4n) is 5.83. The van der Waals surface area contributed by atoms with Gasteiger partial charge in [-0.3, -0.25) is 0 Å². The number of fused-ring (bicyclic) bond motifs is 6. The fourth-order valence-corrected chi connectivity index (χ4v) is 5.83. The molecule has 0 amide bonds. The predicted molar refractivity (Wildman–Crippen MR) is 202 cm³/mol. The number of aromatic nitrogens is 3. The minimum absolute atomic E-state index is 0.0512. The van der Waals surface area contributed by atoms with Gasteiger partial charge < -0.3 is 8.83 Å². The van der Waals surface area contributed by atoms with Crippen molar-refractivity contribution in [1.82, 2.24) is 15.0 Å². The molecule has 0 radical (unpaired) electrons. The van der Waals surface area contributed by atoms with Crippen LogP contribution in [0.5, 0.6) is 0 Å². The van der Waals surface area contributed by atoms with Crippen molar-refractivity contribution in [1.29, 1.82) is 0 Å². The van der Waals surface area contributed by atoms with E-state index in [1.54, 1.807) is 42.5 Å². The van der Waals surface area contributed by atoms with E-state index in [1.165, 1.54) is 0 Å². The van der Waals surface area contributed by atoms with Crippen molar-refractivity contribution in [2.45, 2.75) is 0 Å². The summed E-state index contributed by atoms with van der Waals surface area (Å²) in [7, 11) is 0. The molecule has 0 aliphatic rings. The maximum absolute atomic E-state index is 9.79. The van der Waals surface area contributed by atoms with Gasteiger partial charge in [0.05, 0.1) is 20.6 Å². The molecule has 0 unspecified atom stereocenters. The Morgan fingerprint density at radius 2 is 1.00 bits per heavy atom. The third kappa shape index (κ3) is 4.83. The van der Waals surface area contributed by atoms with E-state index in [0.29, 0.717) is 22.3 Å². The lowest BCUT2D eigenvalue weighted by atomic mass is 9.95. The van der Waals surface area contributed by atoms with Gasteiger partial charge >= 0.3 is 0 Å². The summed E-state index contributed by atoms with van der Waals surface area (Å²) in [5.41, 5.74) is -1.58. The van der Waals surface area contributed by atoms with Crippen LogP contribution in [-0.4, -0.2) is 15.0 Å². The Kier molecular flexibility index (Phi) is 3.87. The molecule has 0 fully saturated rings. The second-order valence-electron chi connectivity index (χ2n) is 11.2. The largest absolute Gasteiger partial charge is 0.456 e. The summed E-state index contributed by atoms with van der Waals surface area (Å²) in [5.74, 6) is -0.203. The number of para-hydroxylation sites is 2. The highest BCUT2D eigenvalue weighted by atomic mass is 16.3. The summed E-state index contributed by atoms with van der Waals surface area (Å²) in [6, 6.07) is 10.8. The van der Waals surface area contributed by atoms with Crippen molar-refractivity contribution in [2.24, 2.45) is 0 Å². The van der Waals surface area contributed by atoms with Crippen molar-refractivity contribution in [2.75, 3.05) is 0 Å². The molecule has 0 bridgehead atoms. The summed E-state index contributed by atoms with van der Waals surface area (Å²) in [5, 5.41) is 1.14. The van der Waals surface area contributed by atoms with Crippen molar-refractivity contribution in [3.63, 3.8) is 0 Å². The Morgan fingerprint density at radius 1 is 0.360 bits per heavy atom. The van der Waals surface area contributed by atoms with Gasteiger partial charge in [-0.15, -0.1) is 0 Å². The van der Waals surface area contributed by atoms with Crippen LogP contribution in [0.4, 0.5) is 0 Å². The van der Waals surface area contributed by atoms with Gasteiger partial charge in [0.2, 0.25) is 0 Å². The quantitative estimate of drug-likeness (QED) is 0.184. The highest BCUT2D eigenvalue weighted by Gasteiger charge is 2.17. The zero-order valence-corrected chi connectivity index (χ0v) is 25.6. The standard InChI is InChI=1S/C45H27N3O2/c1-3-11-28(12-4-1)32-23-33(30-19-21-37-35-15-7-9-17-39(35)49-41(37)26-30)25-34(24-32)45-47-43(29-13-5-2-6-14-29)46-44(48-45)31-20-22-38-36-16-8-10-18-40(36)50-42(38)27-31/h1-27H/i1D,3D,4D,7D,9D,11D,12D,15D,17D,19D,21D,23D,24D,25D,26D. The lowest BCUT2D eigenvalue weighted by Gasteiger charge is -2.12. The van der Waals surface area contributed by atoms with Crippen LogP contribution in [0.15, 0.2) is 172 Å². The van der Waals surface area contributed by atoms with Gasteiger partial charge in [0.15, 0.2) is 17.5 Å². The highest BCUT2D eigenvalue weighted by Crippen LogP contribution is 2.37. The molecule has 0 spiro atoms. The van der Waals surface area contributed by atoms with Crippen molar-refractivity contribution in [3.05, 3.63) is 163 Å². The van der Waals surface area contributed by atoms with Gasteiger partial charge in [0.25, 0.3) is 0 Å². The maximum atomic E-state index is 9.79. The SMILES string of the molecule is [2H]c1c([2H])c([2H])c(-c2c([2H])c(-c3nc(-c4ccccc4)nc(-c4ccc5c(c4)oc4ccccc45)n3)c([2H])c(-c3c([2H])c([2H])c4c(oc5c([2H])c([2H])c([2H])c([2H])c54)c3[2H])c2[2H])c([2H])c1[2H]. The molecule has 0 N–H and O–H groups in total. The molecule has 5 nitrogen and oxygen atoms in total. The molecule has 234 valence electrons. The van der Waals surface area contributed by atoms with E-state index in [4.69, 9.17) is 37.5 Å². The van der Waals surface area contributed by atoms with Crippen LogP contribution in [0.3, 0.4) is 0 Å². The van der Waals surface area contributed by atoms with Crippen molar-refractivity contribution in [3.8, 4) is 56.4 Å². The summed E-state index contributed by atoms with van der Waals surface area (Å²) < 4.78 is 146. The number of nitrogens with zero attached hydrogens (tertiary/aromatic N) is 3. The van der Waals surface area contributed by atoms with E-state index < -0.39 is 130 Å². The van der Waals surface area contributed by atoms with Gasteiger partial charge in [0, 0.05) is 38.2 Å². The number of rotatable bonds is 5. The highest BCUT2D eigenvalue weighted by molar-refractivity contribution is 6.07. The van der Waals surface area contributed by atoms with E-state index in [-0.39, 0.29) is 28.2 Å². The average molecular weight is 657 g/mol. The van der Waals surface area contributed by atoms with Crippen molar-refractivity contribution < 1.29 is 29.4 Å². The number of hydrogen-bond acceptors (Lipinski definition) is 5.